The van der Waals surface area contributed by atoms with Gasteiger partial charge in [0.25, 0.3) is 5.91 Å². The van der Waals surface area contributed by atoms with Crippen molar-refractivity contribution in [3.8, 4) is 0 Å². The van der Waals surface area contributed by atoms with Crippen molar-refractivity contribution in [3.05, 3.63) is 88.1 Å². The molecule has 3 aromatic rings. The van der Waals surface area contributed by atoms with Crippen LogP contribution in [0.15, 0.2) is 77.0 Å². The van der Waals surface area contributed by atoms with E-state index in [1.165, 1.54) is 24.3 Å². The second-order valence-corrected chi connectivity index (χ2v) is 10.0. The highest BCUT2D eigenvalue weighted by Crippen LogP contribution is 2.13. The van der Waals surface area contributed by atoms with Crippen LogP contribution in [-0.2, 0) is 32.4 Å². The molecule has 2 N–H and O–H groups in total. The Hall–Kier alpha value is -3.01. The van der Waals surface area contributed by atoms with Crippen molar-refractivity contribution in [2.24, 2.45) is 0 Å². The molecule has 1 atom stereocenters. The molecule has 0 aliphatic carbocycles. The van der Waals surface area contributed by atoms with Gasteiger partial charge in [0.15, 0.2) is 0 Å². The summed E-state index contributed by atoms with van der Waals surface area (Å²) < 4.78 is 32.7. The predicted molar refractivity (Wildman–Crippen MR) is 128 cm³/mol. The quantitative estimate of drug-likeness (QED) is 0.406. The minimum Gasteiger partial charge on any atom is -0.464 e. The average Bonchev–Trinajstić information content (AvgIpc) is 3.33. The zero-order valence-electron chi connectivity index (χ0n) is 18.2. The van der Waals surface area contributed by atoms with E-state index in [9.17, 15) is 18.0 Å². The molecule has 0 aliphatic heterocycles. The van der Waals surface area contributed by atoms with Crippen LogP contribution in [0.25, 0.3) is 0 Å². The molecule has 2 aromatic carbocycles. The van der Waals surface area contributed by atoms with Gasteiger partial charge in [-0.2, -0.15) is 0 Å². The predicted octanol–water partition coefficient (Wildman–Crippen LogP) is 3.17. The van der Waals surface area contributed by atoms with E-state index in [2.05, 4.69) is 10.0 Å². The van der Waals surface area contributed by atoms with Crippen molar-refractivity contribution >= 4 is 33.2 Å². The third-order valence-electron chi connectivity index (χ3n) is 4.83. The van der Waals surface area contributed by atoms with Crippen molar-refractivity contribution < 1.29 is 22.7 Å². The first-order valence-corrected chi connectivity index (χ1v) is 12.9. The SMILES string of the molecule is CCOC(=O)C(Cc1ccccc1)NC(=O)c1ccc(S(=O)(=O)NCCc2cccs2)cc1. The molecule has 7 nitrogen and oxygen atoms in total. The third-order valence-corrected chi connectivity index (χ3v) is 7.24. The number of ether oxygens (including phenoxy) is 1. The highest BCUT2D eigenvalue weighted by Gasteiger charge is 2.23. The molecule has 9 heteroatoms. The van der Waals surface area contributed by atoms with Gasteiger partial charge in [-0.3, -0.25) is 4.79 Å². The molecule has 1 heterocycles. The van der Waals surface area contributed by atoms with Crippen molar-refractivity contribution in [3.63, 3.8) is 0 Å². The fourth-order valence-corrected chi connectivity index (χ4v) is 4.90. The van der Waals surface area contributed by atoms with Crippen LogP contribution in [0.2, 0.25) is 0 Å². The number of hydrogen-bond donors (Lipinski definition) is 2. The van der Waals surface area contributed by atoms with E-state index in [0.717, 1.165) is 10.4 Å². The summed E-state index contributed by atoms with van der Waals surface area (Å²) >= 11 is 1.57. The molecule has 1 amide bonds. The van der Waals surface area contributed by atoms with Crippen LogP contribution in [0.3, 0.4) is 0 Å². The third kappa shape index (κ3) is 7.24. The number of carbonyl (C=O) groups excluding carboxylic acids is 2. The Kier molecular flexibility index (Phi) is 8.76. The Morgan fingerprint density at radius 3 is 2.36 bits per heavy atom. The van der Waals surface area contributed by atoms with Crippen LogP contribution in [0.1, 0.15) is 27.7 Å². The average molecular weight is 487 g/mol. The largest absolute Gasteiger partial charge is 0.464 e. The van der Waals surface area contributed by atoms with Gasteiger partial charge < -0.3 is 10.1 Å². The number of carbonyl (C=O) groups is 2. The molecule has 174 valence electrons. The second-order valence-electron chi connectivity index (χ2n) is 7.22. The normalized spacial score (nSPS) is 12.2. The smallest absolute Gasteiger partial charge is 0.328 e. The van der Waals surface area contributed by atoms with Gasteiger partial charge in [0, 0.05) is 23.4 Å². The Labute approximate surface area is 197 Å². The van der Waals surface area contributed by atoms with E-state index in [-0.39, 0.29) is 30.0 Å². The van der Waals surface area contributed by atoms with Crippen LogP contribution < -0.4 is 10.0 Å². The first kappa shape index (κ1) is 24.6. The van der Waals surface area contributed by atoms with Crippen molar-refractivity contribution in [1.82, 2.24) is 10.0 Å². The molecule has 1 aromatic heterocycles. The molecule has 0 saturated carbocycles. The van der Waals surface area contributed by atoms with Crippen LogP contribution >= 0.6 is 11.3 Å². The molecule has 0 radical (unpaired) electrons. The van der Waals surface area contributed by atoms with E-state index >= 15 is 0 Å². The highest BCUT2D eigenvalue weighted by atomic mass is 32.2. The number of sulfonamides is 1. The molecule has 3 rings (SSSR count). The number of nitrogens with one attached hydrogen (secondary N) is 2. The molecule has 33 heavy (non-hydrogen) atoms. The monoisotopic (exact) mass is 486 g/mol. The molecule has 0 aliphatic rings. The van der Waals surface area contributed by atoms with Crippen molar-refractivity contribution in [2.75, 3.05) is 13.2 Å². The first-order valence-electron chi connectivity index (χ1n) is 10.5. The number of thiophene rings is 1. The van der Waals surface area contributed by atoms with E-state index < -0.39 is 27.9 Å². The van der Waals surface area contributed by atoms with Crippen LogP contribution in [0.5, 0.6) is 0 Å². The second kappa shape index (κ2) is 11.7. The lowest BCUT2D eigenvalue weighted by Crippen LogP contribution is -2.43. The van der Waals surface area contributed by atoms with Crippen LogP contribution in [0, 0.1) is 0 Å². The highest BCUT2D eigenvalue weighted by molar-refractivity contribution is 7.89. The maximum absolute atomic E-state index is 12.7. The van der Waals surface area contributed by atoms with Gasteiger partial charge in [-0.05, 0) is 54.6 Å². The summed E-state index contributed by atoms with van der Waals surface area (Å²) in [5.41, 5.74) is 1.13. The summed E-state index contributed by atoms with van der Waals surface area (Å²) in [5.74, 6) is -1.01. The number of amides is 1. The molecule has 0 bridgehead atoms. The summed E-state index contributed by atoms with van der Waals surface area (Å²) in [6.45, 7) is 2.19. The van der Waals surface area contributed by atoms with Crippen molar-refractivity contribution in [2.45, 2.75) is 30.7 Å². The molecular formula is C24H26N2O5S2. The Morgan fingerprint density at radius 1 is 1.00 bits per heavy atom. The fourth-order valence-electron chi connectivity index (χ4n) is 3.16. The van der Waals surface area contributed by atoms with E-state index in [0.29, 0.717) is 6.42 Å². The number of esters is 1. The van der Waals surface area contributed by atoms with E-state index in [4.69, 9.17) is 4.74 Å². The Morgan fingerprint density at radius 2 is 1.73 bits per heavy atom. The zero-order valence-corrected chi connectivity index (χ0v) is 19.8. The molecule has 0 saturated heterocycles. The molecular weight excluding hydrogens is 460 g/mol. The van der Waals surface area contributed by atoms with E-state index in [1.54, 1.807) is 18.3 Å². The van der Waals surface area contributed by atoms with Gasteiger partial charge in [0.1, 0.15) is 6.04 Å². The Balaban J connectivity index is 1.64. The van der Waals surface area contributed by atoms with Gasteiger partial charge in [-0.1, -0.05) is 36.4 Å². The zero-order chi connectivity index (χ0) is 23.7. The fraction of sp³-hybridized carbons (Fsp3) is 0.250. The Bertz CT molecular complexity index is 1150. The number of rotatable bonds is 11. The lowest BCUT2D eigenvalue weighted by atomic mass is 10.1. The lowest BCUT2D eigenvalue weighted by Gasteiger charge is -2.17. The minimum absolute atomic E-state index is 0.0662. The number of benzene rings is 2. The maximum atomic E-state index is 12.7. The number of hydrogen-bond acceptors (Lipinski definition) is 6. The summed E-state index contributed by atoms with van der Waals surface area (Å²) in [6.07, 6.45) is 0.889. The van der Waals surface area contributed by atoms with Gasteiger partial charge in [-0.25, -0.2) is 17.9 Å². The summed E-state index contributed by atoms with van der Waals surface area (Å²) in [5, 5.41) is 4.64. The maximum Gasteiger partial charge on any atom is 0.328 e. The van der Waals surface area contributed by atoms with Gasteiger partial charge in [0.05, 0.1) is 11.5 Å². The minimum atomic E-state index is -3.69. The van der Waals surface area contributed by atoms with Gasteiger partial charge >= 0.3 is 5.97 Å². The van der Waals surface area contributed by atoms with Crippen LogP contribution in [-0.4, -0.2) is 39.5 Å². The van der Waals surface area contributed by atoms with Crippen molar-refractivity contribution in [1.29, 1.82) is 0 Å². The molecule has 0 fully saturated rings. The molecule has 1 unspecified atom stereocenters. The van der Waals surface area contributed by atoms with Gasteiger partial charge in [0.2, 0.25) is 10.0 Å². The summed E-state index contributed by atoms with van der Waals surface area (Å²) in [7, 11) is -3.69. The lowest BCUT2D eigenvalue weighted by molar-refractivity contribution is -0.145. The topological polar surface area (TPSA) is 102 Å². The van der Waals surface area contributed by atoms with E-state index in [1.807, 2.05) is 47.8 Å². The molecule has 0 spiro atoms. The first-order chi connectivity index (χ1) is 15.9. The summed E-state index contributed by atoms with van der Waals surface area (Å²) in [6, 6.07) is 17.9. The standard InChI is InChI=1S/C24H26N2O5S2/c1-2-31-24(28)22(17-18-7-4-3-5-8-18)26-23(27)19-10-12-21(13-11-19)33(29,30)25-15-14-20-9-6-16-32-20/h3-13,16,22,25H,2,14-15,17H2,1H3,(H,26,27). The summed E-state index contributed by atoms with van der Waals surface area (Å²) in [4.78, 5) is 26.3. The van der Waals surface area contributed by atoms with Gasteiger partial charge in [-0.15, -0.1) is 11.3 Å². The van der Waals surface area contributed by atoms with Crippen LogP contribution in [0.4, 0.5) is 0 Å².